The summed E-state index contributed by atoms with van der Waals surface area (Å²) in [4.78, 5) is 9.97. The van der Waals surface area contributed by atoms with E-state index in [9.17, 15) is 10.1 Å². The number of nitro groups is 1. The van der Waals surface area contributed by atoms with Crippen molar-refractivity contribution in [3.8, 4) is 0 Å². The van der Waals surface area contributed by atoms with E-state index in [2.05, 4.69) is 6.92 Å². The Bertz CT molecular complexity index is 314. The number of non-ortho nitro benzene ring substituents is 1. The van der Waals surface area contributed by atoms with Crippen LogP contribution in [-0.4, -0.2) is 4.92 Å². The van der Waals surface area contributed by atoms with Crippen LogP contribution in [0.5, 0.6) is 0 Å². The molecule has 0 aromatic heterocycles. The fourth-order valence-corrected chi connectivity index (χ4v) is 1.32. The molecule has 0 fully saturated rings. The number of rotatable bonds is 4. The van der Waals surface area contributed by atoms with Crippen molar-refractivity contribution in [3.05, 3.63) is 39.9 Å². The zero-order valence-electron chi connectivity index (χ0n) is 8.55. The zero-order valence-corrected chi connectivity index (χ0v) is 9.37. The summed E-state index contributed by atoms with van der Waals surface area (Å²) in [7, 11) is 0. The van der Waals surface area contributed by atoms with Gasteiger partial charge < -0.3 is 5.73 Å². The van der Waals surface area contributed by atoms with E-state index < -0.39 is 4.92 Å². The van der Waals surface area contributed by atoms with E-state index in [0.717, 1.165) is 18.4 Å². The Labute approximate surface area is 95.0 Å². The third-order valence-corrected chi connectivity index (χ3v) is 2.13. The molecule has 0 saturated heterocycles. The zero-order chi connectivity index (χ0) is 10.6. The summed E-state index contributed by atoms with van der Waals surface area (Å²) in [5, 5.41) is 10.4. The van der Waals surface area contributed by atoms with Gasteiger partial charge in [0.2, 0.25) is 0 Å². The maximum Gasteiger partial charge on any atom is 0.269 e. The molecule has 84 valence electrons. The summed E-state index contributed by atoms with van der Waals surface area (Å²) in [5.74, 6) is 0. The van der Waals surface area contributed by atoms with Crippen LogP contribution in [0.1, 0.15) is 31.4 Å². The molecular formula is C10H15ClN2O2. The van der Waals surface area contributed by atoms with Gasteiger partial charge in [-0.3, -0.25) is 10.1 Å². The van der Waals surface area contributed by atoms with E-state index in [-0.39, 0.29) is 24.1 Å². The second-order valence-corrected chi connectivity index (χ2v) is 3.24. The predicted octanol–water partition coefficient (Wildman–Crippen LogP) is 2.82. The Morgan fingerprint density at radius 1 is 1.40 bits per heavy atom. The predicted molar refractivity (Wildman–Crippen MR) is 62.2 cm³/mol. The molecule has 2 N–H and O–H groups in total. The lowest BCUT2D eigenvalue weighted by atomic mass is 10.0. The lowest BCUT2D eigenvalue weighted by molar-refractivity contribution is -0.384. The first kappa shape index (κ1) is 13.9. The largest absolute Gasteiger partial charge is 0.324 e. The first-order valence-electron chi connectivity index (χ1n) is 4.65. The molecule has 1 atom stereocenters. The average Bonchev–Trinajstić information content (AvgIpc) is 2.18. The summed E-state index contributed by atoms with van der Waals surface area (Å²) in [6, 6.07) is 6.41. The Balaban J connectivity index is 0.00000196. The van der Waals surface area contributed by atoms with Crippen molar-refractivity contribution in [2.45, 2.75) is 25.8 Å². The van der Waals surface area contributed by atoms with Crippen LogP contribution in [0.4, 0.5) is 5.69 Å². The summed E-state index contributed by atoms with van der Waals surface area (Å²) in [5.41, 5.74) is 6.93. The summed E-state index contributed by atoms with van der Waals surface area (Å²) in [6.45, 7) is 2.06. The molecular weight excluding hydrogens is 216 g/mol. The highest BCUT2D eigenvalue weighted by molar-refractivity contribution is 5.85. The van der Waals surface area contributed by atoms with Crippen LogP contribution >= 0.6 is 12.4 Å². The van der Waals surface area contributed by atoms with Gasteiger partial charge in [-0.15, -0.1) is 12.4 Å². The standard InChI is InChI=1S/C10H14N2O2.ClH/c1-2-3-10(11)8-4-6-9(7-5-8)12(13)14;/h4-7,10H,2-3,11H2,1H3;1H/t10-;/m0./s1. The highest BCUT2D eigenvalue weighted by Gasteiger charge is 2.07. The molecule has 0 radical (unpaired) electrons. The van der Waals surface area contributed by atoms with Crippen molar-refractivity contribution >= 4 is 18.1 Å². The van der Waals surface area contributed by atoms with Gasteiger partial charge in [0.15, 0.2) is 0 Å². The minimum Gasteiger partial charge on any atom is -0.324 e. The van der Waals surface area contributed by atoms with E-state index in [1.165, 1.54) is 12.1 Å². The van der Waals surface area contributed by atoms with E-state index >= 15 is 0 Å². The van der Waals surface area contributed by atoms with Crippen LogP contribution in [0.25, 0.3) is 0 Å². The SMILES string of the molecule is CCC[C@H](N)c1ccc([N+](=O)[O-])cc1.Cl. The molecule has 1 aromatic rings. The molecule has 15 heavy (non-hydrogen) atoms. The molecule has 0 saturated carbocycles. The number of halogens is 1. The lowest BCUT2D eigenvalue weighted by Crippen LogP contribution is -2.09. The van der Waals surface area contributed by atoms with Gasteiger partial charge in [-0.05, 0) is 12.0 Å². The van der Waals surface area contributed by atoms with Crippen LogP contribution in [0.15, 0.2) is 24.3 Å². The Kier molecular flexibility index (Phi) is 5.89. The summed E-state index contributed by atoms with van der Waals surface area (Å²) >= 11 is 0. The van der Waals surface area contributed by atoms with Crippen molar-refractivity contribution in [2.24, 2.45) is 5.73 Å². The number of nitrogens with two attached hydrogens (primary N) is 1. The average molecular weight is 231 g/mol. The third-order valence-electron chi connectivity index (χ3n) is 2.13. The quantitative estimate of drug-likeness (QED) is 0.639. The van der Waals surface area contributed by atoms with Gasteiger partial charge in [-0.2, -0.15) is 0 Å². The molecule has 0 aliphatic rings. The van der Waals surface area contributed by atoms with Crippen molar-refractivity contribution in [1.82, 2.24) is 0 Å². The Morgan fingerprint density at radius 3 is 2.33 bits per heavy atom. The number of hydrogen-bond acceptors (Lipinski definition) is 3. The second-order valence-electron chi connectivity index (χ2n) is 3.24. The first-order valence-corrected chi connectivity index (χ1v) is 4.65. The van der Waals surface area contributed by atoms with Crippen LogP contribution in [-0.2, 0) is 0 Å². The normalized spacial score (nSPS) is 11.6. The molecule has 0 unspecified atom stereocenters. The molecule has 4 nitrogen and oxygen atoms in total. The van der Waals surface area contributed by atoms with Gasteiger partial charge >= 0.3 is 0 Å². The summed E-state index contributed by atoms with van der Waals surface area (Å²) in [6.07, 6.45) is 1.91. The number of nitrogens with zero attached hydrogens (tertiary/aromatic N) is 1. The van der Waals surface area contributed by atoms with Crippen molar-refractivity contribution < 1.29 is 4.92 Å². The number of benzene rings is 1. The minimum atomic E-state index is -0.408. The highest BCUT2D eigenvalue weighted by Crippen LogP contribution is 2.19. The van der Waals surface area contributed by atoms with Gasteiger partial charge in [0.1, 0.15) is 0 Å². The van der Waals surface area contributed by atoms with Crippen molar-refractivity contribution in [1.29, 1.82) is 0 Å². The Hall–Kier alpha value is -1.13. The maximum atomic E-state index is 10.4. The fourth-order valence-electron chi connectivity index (χ4n) is 1.32. The van der Waals surface area contributed by atoms with Crippen molar-refractivity contribution in [3.63, 3.8) is 0 Å². The molecule has 0 aliphatic heterocycles. The van der Waals surface area contributed by atoms with E-state index in [1.54, 1.807) is 12.1 Å². The van der Waals surface area contributed by atoms with Gasteiger partial charge in [0.05, 0.1) is 4.92 Å². The van der Waals surface area contributed by atoms with Crippen LogP contribution < -0.4 is 5.73 Å². The van der Waals surface area contributed by atoms with Gasteiger partial charge in [-0.1, -0.05) is 25.5 Å². The molecule has 0 heterocycles. The van der Waals surface area contributed by atoms with Crippen LogP contribution in [0.2, 0.25) is 0 Å². The fraction of sp³-hybridized carbons (Fsp3) is 0.400. The lowest BCUT2D eigenvalue weighted by Gasteiger charge is -2.09. The monoisotopic (exact) mass is 230 g/mol. The molecule has 0 bridgehead atoms. The topological polar surface area (TPSA) is 69.2 Å². The van der Waals surface area contributed by atoms with E-state index in [0.29, 0.717) is 0 Å². The highest BCUT2D eigenvalue weighted by atomic mass is 35.5. The smallest absolute Gasteiger partial charge is 0.269 e. The molecule has 5 heteroatoms. The third kappa shape index (κ3) is 3.85. The minimum absolute atomic E-state index is 0. The van der Waals surface area contributed by atoms with E-state index in [1.807, 2.05) is 0 Å². The van der Waals surface area contributed by atoms with Gasteiger partial charge in [0.25, 0.3) is 5.69 Å². The second kappa shape index (κ2) is 6.37. The molecule has 0 spiro atoms. The van der Waals surface area contributed by atoms with E-state index in [4.69, 9.17) is 5.73 Å². The number of hydrogen-bond donors (Lipinski definition) is 1. The van der Waals surface area contributed by atoms with Gasteiger partial charge in [0, 0.05) is 18.2 Å². The van der Waals surface area contributed by atoms with Crippen LogP contribution in [0, 0.1) is 10.1 Å². The first-order chi connectivity index (χ1) is 6.65. The maximum absolute atomic E-state index is 10.4. The van der Waals surface area contributed by atoms with Crippen LogP contribution in [0.3, 0.4) is 0 Å². The van der Waals surface area contributed by atoms with Gasteiger partial charge in [-0.25, -0.2) is 0 Å². The summed E-state index contributed by atoms with van der Waals surface area (Å²) < 4.78 is 0. The van der Waals surface area contributed by atoms with Crippen molar-refractivity contribution in [2.75, 3.05) is 0 Å². The molecule has 0 aliphatic carbocycles. The number of nitro benzene ring substituents is 1. The molecule has 0 amide bonds. The molecule has 1 aromatic carbocycles. The molecule has 1 rings (SSSR count). The Morgan fingerprint density at radius 2 is 1.93 bits per heavy atom.